The Balaban J connectivity index is 1.30. The van der Waals surface area contributed by atoms with Crippen LogP contribution in [0.4, 0.5) is 4.79 Å². The highest BCUT2D eigenvalue weighted by Gasteiger charge is 2.68. The van der Waals surface area contributed by atoms with Crippen molar-refractivity contribution in [3.8, 4) is 0 Å². The number of amides is 1. The predicted octanol–water partition coefficient (Wildman–Crippen LogP) is 4.44. The van der Waals surface area contributed by atoms with Crippen LogP contribution in [0, 0.1) is 34.5 Å². The first-order chi connectivity index (χ1) is 19.5. The summed E-state index contributed by atoms with van der Waals surface area (Å²) >= 11 is 0. The molecule has 0 bridgehead atoms. The van der Waals surface area contributed by atoms with Gasteiger partial charge in [0.1, 0.15) is 11.2 Å². The normalized spacial score (nSPS) is 37.2. The Morgan fingerprint density at radius 1 is 1.14 bits per heavy atom. The van der Waals surface area contributed by atoms with Crippen LogP contribution in [0.2, 0.25) is 0 Å². The Bertz CT molecular complexity index is 1150. The van der Waals surface area contributed by atoms with E-state index in [0.29, 0.717) is 32.2 Å². The number of Topliss-reactive ketones (excluding diaryl/α,β-unsaturated/α-hetero) is 1. The van der Waals surface area contributed by atoms with Gasteiger partial charge in [0.25, 0.3) is 0 Å². The molecule has 0 heterocycles. The number of nitrogens with one attached hydrogen (secondary N) is 1. The summed E-state index contributed by atoms with van der Waals surface area (Å²) in [7, 11) is 0. The number of esters is 1. The molecular formula is C33H49NO8. The lowest BCUT2D eigenvalue weighted by Gasteiger charge is -2.60. The van der Waals surface area contributed by atoms with Gasteiger partial charge in [-0.05, 0) is 89.2 Å². The number of ether oxygens (including phenoxy) is 2. The summed E-state index contributed by atoms with van der Waals surface area (Å²) in [5.74, 6) is -0.863. The summed E-state index contributed by atoms with van der Waals surface area (Å²) in [4.78, 5) is 49.7. The predicted molar refractivity (Wildman–Crippen MR) is 156 cm³/mol. The zero-order valence-electron chi connectivity index (χ0n) is 26.0. The van der Waals surface area contributed by atoms with Gasteiger partial charge in [0.15, 0.2) is 12.4 Å². The third kappa shape index (κ3) is 6.09. The molecule has 3 saturated carbocycles. The Kier molecular flexibility index (Phi) is 9.16. The van der Waals surface area contributed by atoms with Gasteiger partial charge in [0.2, 0.25) is 5.78 Å². The molecule has 9 nitrogen and oxygen atoms in total. The number of fused-ring (bicyclic) bond motifs is 5. The lowest BCUT2D eigenvalue weighted by Crippen LogP contribution is -2.62. The first-order valence-electron chi connectivity index (χ1n) is 15.5. The molecule has 0 aromatic carbocycles. The summed E-state index contributed by atoms with van der Waals surface area (Å²) in [5, 5.41) is 26.1. The van der Waals surface area contributed by atoms with Gasteiger partial charge >= 0.3 is 12.1 Å². The van der Waals surface area contributed by atoms with Crippen LogP contribution in [0.3, 0.4) is 0 Å². The standard InChI is InChI=1S/C33H49NO8/c1-20-16-22-23-12-14-33(40,32(23,6)18-25(36)28(22)31(5)13-11-21(35)17-24(20)31)26(37)19-41-27(38)10-8-7-9-15-34-29(39)42-30(2,3)4/h11,13,17,20,22-23,25,28,36,40H,7-10,12,14-16,18-19H2,1-6H3,(H,34,39)/t20-,22-,23-,25-,28+,31-,32-,33-/m0/s1. The first kappa shape index (κ1) is 32.4. The number of carbonyl (C=O) groups excluding carboxylic acids is 4. The van der Waals surface area contributed by atoms with Crippen LogP contribution in [-0.2, 0) is 23.9 Å². The fourth-order valence-corrected chi connectivity index (χ4v) is 8.63. The zero-order valence-corrected chi connectivity index (χ0v) is 26.0. The van der Waals surface area contributed by atoms with Crippen molar-refractivity contribution in [2.75, 3.05) is 13.2 Å². The number of ketones is 2. The molecule has 4 aliphatic rings. The minimum Gasteiger partial charge on any atom is -0.458 e. The summed E-state index contributed by atoms with van der Waals surface area (Å²) in [6.07, 6.45) is 8.10. The second-order valence-electron chi connectivity index (χ2n) is 14.5. The molecule has 3 N–H and O–H groups in total. The molecule has 0 unspecified atom stereocenters. The van der Waals surface area contributed by atoms with E-state index in [9.17, 15) is 29.4 Å². The molecule has 0 radical (unpaired) electrons. The number of hydrogen-bond acceptors (Lipinski definition) is 8. The molecule has 0 aliphatic heterocycles. The van der Waals surface area contributed by atoms with E-state index in [1.165, 1.54) is 0 Å². The van der Waals surface area contributed by atoms with Crippen molar-refractivity contribution < 1.29 is 38.9 Å². The third-order valence-corrected chi connectivity index (χ3v) is 10.5. The molecule has 4 aliphatic carbocycles. The van der Waals surface area contributed by atoms with Crippen molar-refractivity contribution >= 4 is 23.6 Å². The lowest BCUT2D eigenvalue weighted by atomic mass is 9.45. The van der Waals surface area contributed by atoms with Gasteiger partial charge in [0.05, 0.1) is 6.10 Å². The minimum atomic E-state index is -1.68. The zero-order chi connectivity index (χ0) is 31.1. The smallest absolute Gasteiger partial charge is 0.407 e. The van der Waals surface area contributed by atoms with E-state index >= 15 is 0 Å². The van der Waals surface area contributed by atoms with Gasteiger partial charge in [-0.15, -0.1) is 0 Å². The molecule has 4 rings (SSSR count). The summed E-state index contributed by atoms with van der Waals surface area (Å²) in [5.41, 5.74) is -2.46. The van der Waals surface area contributed by atoms with Gasteiger partial charge in [-0.3, -0.25) is 14.4 Å². The van der Waals surface area contributed by atoms with Crippen molar-refractivity contribution in [3.63, 3.8) is 0 Å². The molecule has 9 heteroatoms. The molecule has 42 heavy (non-hydrogen) atoms. The van der Waals surface area contributed by atoms with E-state index in [2.05, 4.69) is 19.2 Å². The van der Waals surface area contributed by atoms with E-state index in [1.807, 2.05) is 13.0 Å². The minimum absolute atomic E-state index is 0.0199. The van der Waals surface area contributed by atoms with E-state index < -0.39 is 52.6 Å². The van der Waals surface area contributed by atoms with Crippen LogP contribution >= 0.6 is 0 Å². The monoisotopic (exact) mass is 587 g/mol. The van der Waals surface area contributed by atoms with Gasteiger partial charge < -0.3 is 25.0 Å². The molecule has 0 aromatic heterocycles. The van der Waals surface area contributed by atoms with Crippen LogP contribution < -0.4 is 5.32 Å². The highest BCUT2D eigenvalue weighted by Crippen LogP contribution is 2.67. The van der Waals surface area contributed by atoms with Crippen LogP contribution in [0.1, 0.15) is 92.9 Å². The number of carbonyl (C=O) groups is 4. The van der Waals surface area contributed by atoms with E-state index in [-0.39, 0.29) is 48.7 Å². The van der Waals surface area contributed by atoms with E-state index in [0.717, 1.165) is 12.0 Å². The number of alkyl carbamates (subject to hydrolysis) is 1. The van der Waals surface area contributed by atoms with Gasteiger partial charge in [-0.2, -0.15) is 0 Å². The molecule has 234 valence electrons. The number of rotatable bonds is 9. The fourth-order valence-electron chi connectivity index (χ4n) is 8.63. The van der Waals surface area contributed by atoms with Crippen molar-refractivity contribution in [3.05, 3.63) is 23.8 Å². The fraction of sp³-hybridized carbons (Fsp3) is 0.758. The Hall–Kier alpha value is -2.52. The first-order valence-corrected chi connectivity index (χ1v) is 15.5. The van der Waals surface area contributed by atoms with Gasteiger partial charge in [0, 0.05) is 29.7 Å². The van der Waals surface area contributed by atoms with Gasteiger partial charge in [-0.25, -0.2) is 4.79 Å². The number of hydrogen-bond donors (Lipinski definition) is 3. The highest BCUT2D eigenvalue weighted by atomic mass is 16.6. The molecule has 0 saturated heterocycles. The largest absolute Gasteiger partial charge is 0.458 e. The third-order valence-electron chi connectivity index (χ3n) is 10.5. The van der Waals surface area contributed by atoms with Crippen molar-refractivity contribution in [2.24, 2.45) is 34.5 Å². The molecule has 0 spiro atoms. The quantitative estimate of drug-likeness (QED) is 0.266. The highest BCUT2D eigenvalue weighted by molar-refractivity contribution is 6.01. The second-order valence-corrected chi connectivity index (χ2v) is 14.5. The second kappa shape index (κ2) is 11.9. The number of allylic oxidation sites excluding steroid dienone is 4. The molecular weight excluding hydrogens is 538 g/mol. The SMILES string of the molecule is C[C@H]1C[C@@H]2[C@H]([C@@H](O)C[C@@]3(C)[C@H]2CC[C@]3(O)C(=O)COC(=O)CCCCCNC(=O)OC(C)(C)C)[C@@]2(C)C=CC(=O)C=C12. The Labute approximate surface area is 249 Å². The summed E-state index contributed by atoms with van der Waals surface area (Å²) in [6, 6.07) is 0. The van der Waals surface area contributed by atoms with Gasteiger partial charge in [-0.1, -0.05) is 38.8 Å². The molecule has 0 aromatic rings. The van der Waals surface area contributed by atoms with Crippen LogP contribution in [0.5, 0.6) is 0 Å². The molecule has 8 atom stereocenters. The number of aliphatic hydroxyl groups excluding tert-OH is 1. The van der Waals surface area contributed by atoms with Crippen molar-refractivity contribution in [1.29, 1.82) is 0 Å². The Morgan fingerprint density at radius 3 is 2.55 bits per heavy atom. The van der Waals surface area contributed by atoms with E-state index in [1.54, 1.807) is 32.9 Å². The maximum atomic E-state index is 13.4. The van der Waals surface area contributed by atoms with Crippen molar-refractivity contribution in [2.45, 2.75) is 110 Å². The van der Waals surface area contributed by atoms with Crippen LogP contribution in [-0.4, -0.2) is 64.3 Å². The summed E-state index contributed by atoms with van der Waals surface area (Å²) in [6.45, 7) is 11.5. The Morgan fingerprint density at radius 2 is 1.86 bits per heavy atom. The number of aliphatic hydroxyl groups is 2. The molecule has 3 fully saturated rings. The number of unbranched alkanes of at least 4 members (excludes halogenated alkanes) is 2. The average Bonchev–Trinajstić information content (AvgIpc) is 3.15. The van der Waals surface area contributed by atoms with Crippen LogP contribution in [0.15, 0.2) is 23.8 Å². The maximum absolute atomic E-state index is 13.4. The topological polar surface area (TPSA) is 139 Å². The molecule has 1 amide bonds. The average molecular weight is 588 g/mol. The summed E-state index contributed by atoms with van der Waals surface area (Å²) < 4.78 is 10.5. The van der Waals surface area contributed by atoms with Crippen molar-refractivity contribution in [1.82, 2.24) is 5.32 Å². The lowest BCUT2D eigenvalue weighted by molar-refractivity contribution is -0.182. The maximum Gasteiger partial charge on any atom is 0.407 e. The van der Waals surface area contributed by atoms with E-state index in [4.69, 9.17) is 9.47 Å². The van der Waals surface area contributed by atoms with Crippen LogP contribution in [0.25, 0.3) is 0 Å².